The molecule has 1 aromatic carbocycles. The van der Waals surface area contributed by atoms with Crippen molar-refractivity contribution >= 4 is 50.6 Å². The molecule has 10 heteroatoms. The molecule has 31 heavy (non-hydrogen) atoms. The van der Waals surface area contributed by atoms with Crippen molar-refractivity contribution < 1.29 is 18.6 Å². The Hall–Kier alpha value is -0.900. The minimum absolute atomic E-state index is 0. The van der Waals surface area contributed by atoms with Gasteiger partial charge in [0, 0.05) is 24.7 Å². The summed E-state index contributed by atoms with van der Waals surface area (Å²) in [4.78, 5) is 4.35. The van der Waals surface area contributed by atoms with Crippen LogP contribution >= 0.6 is 40.7 Å². The van der Waals surface area contributed by atoms with Crippen molar-refractivity contribution in [1.29, 1.82) is 0 Å². The van der Waals surface area contributed by atoms with Gasteiger partial charge in [0.25, 0.3) is 0 Å². The van der Waals surface area contributed by atoms with E-state index < -0.39 is 27.9 Å². The molecule has 0 amide bonds. The highest BCUT2D eigenvalue weighted by Crippen LogP contribution is 2.28. The van der Waals surface area contributed by atoms with Crippen LogP contribution in [0.2, 0.25) is 0 Å². The highest BCUT2D eigenvalue weighted by atomic mass is 79.9. The number of sulfone groups is 1. The number of hydrogen-bond acceptors (Lipinski definition) is 6. The Bertz CT molecular complexity index is 976. The number of nitrogens with zero attached hydrogens (tertiary/aromatic N) is 1. The molecule has 0 saturated carbocycles. The molecule has 1 aromatic heterocycles. The van der Waals surface area contributed by atoms with Crippen molar-refractivity contribution in [3.05, 3.63) is 57.8 Å². The summed E-state index contributed by atoms with van der Waals surface area (Å²) in [6.07, 6.45) is 1.38. The molecule has 3 atom stereocenters. The Morgan fingerprint density at radius 2 is 1.90 bits per heavy atom. The molecule has 0 unspecified atom stereocenters. The molecule has 0 aliphatic carbocycles. The maximum atomic E-state index is 12.5. The molecule has 2 heterocycles. The highest BCUT2D eigenvalue weighted by Gasteiger charge is 2.39. The van der Waals surface area contributed by atoms with Crippen molar-refractivity contribution in [1.82, 2.24) is 10.3 Å². The van der Waals surface area contributed by atoms with Gasteiger partial charge in [-0.25, -0.2) is 8.42 Å². The molecule has 1 aliphatic rings. The van der Waals surface area contributed by atoms with Gasteiger partial charge in [0.15, 0.2) is 9.84 Å². The maximum Gasteiger partial charge on any atom is 0.152 e. The van der Waals surface area contributed by atoms with Crippen molar-refractivity contribution in [3.8, 4) is 5.75 Å². The van der Waals surface area contributed by atoms with Crippen LogP contribution in [-0.4, -0.2) is 47.3 Å². The fraction of sp³-hybridized carbons (Fsp3) is 0.476. The van der Waals surface area contributed by atoms with E-state index in [1.165, 1.54) is 5.56 Å². The highest BCUT2D eigenvalue weighted by molar-refractivity contribution is 9.10. The fourth-order valence-electron chi connectivity index (χ4n) is 3.72. The predicted molar refractivity (Wildman–Crippen MR) is 131 cm³/mol. The number of benzene rings is 1. The van der Waals surface area contributed by atoms with Gasteiger partial charge in [-0.3, -0.25) is 4.98 Å². The third-order valence-electron chi connectivity index (χ3n) is 5.36. The minimum Gasteiger partial charge on any atom is -0.507 e. The summed E-state index contributed by atoms with van der Waals surface area (Å²) in [5.74, 6) is -0.0509. The third kappa shape index (κ3) is 7.58. The van der Waals surface area contributed by atoms with Gasteiger partial charge in [-0.1, -0.05) is 19.9 Å². The predicted octanol–water partition coefficient (Wildman–Crippen LogP) is 3.62. The number of aromatic hydroxyl groups is 1. The van der Waals surface area contributed by atoms with Gasteiger partial charge < -0.3 is 15.5 Å². The summed E-state index contributed by atoms with van der Waals surface area (Å²) in [5.41, 5.74) is 2.86. The number of halogens is 3. The number of phenolic OH excluding ortho intramolecular Hbond substituents is 1. The summed E-state index contributed by atoms with van der Waals surface area (Å²) in [6.45, 7) is 4.61. The van der Waals surface area contributed by atoms with Crippen LogP contribution in [-0.2, 0) is 22.8 Å². The van der Waals surface area contributed by atoms with E-state index in [0.717, 1.165) is 11.3 Å². The van der Waals surface area contributed by atoms with Gasteiger partial charge in [0.05, 0.1) is 27.8 Å². The molecule has 0 spiro atoms. The van der Waals surface area contributed by atoms with Gasteiger partial charge in [-0.05, 0) is 63.7 Å². The molecule has 2 aromatic rings. The molecule has 174 valence electrons. The Balaban J connectivity index is 0.00000240. The van der Waals surface area contributed by atoms with E-state index in [9.17, 15) is 18.6 Å². The third-order valence-corrected chi connectivity index (χ3v) is 7.80. The van der Waals surface area contributed by atoms with E-state index in [0.29, 0.717) is 23.4 Å². The zero-order valence-electron chi connectivity index (χ0n) is 17.4. The Labute approximate surface area is 204 Å². The van der Waals surface area contributed by atoms with Crippen molar-refractivity contribution in [2.24, 2.45) is 5.92 Å². The molecule has 1 aliphatic heterocycles. The molecule has 3 N–H and O–H groups in total. The van der Waals surface area contributed by atoms with Gasteiger partial charge in [-0.15, -0.1) is 24.8 Å². The maximum absolute atomic E-state index is 12.5. The number of aromatic nitrogens is 1. The molecular formula is C21H29BrCl2N2O4S. The van der Waals surface area contributed by atoms with Gasteiger partial charge in [0.1, 0.15) is 5.75 Å². The van der Waals surface area contributed by atoms with Crippen LogP contribution in [0.5, 0.6) is 5.75 Å². The second-order valence-electron chi connectivity index (χ2n) is 8.04. The molecular weight excluding hydrogens is 527 g/mol. The van der Waals surface area contributed by atoms with E-state index in [1.54, 1.807) is 24.4 Å². The Kier molecular flexibility index (Phi) is 10.7. The van der Waals surface area contributed by atoms with Crippen LogP contribution in [0.1, 0.15) is 36.6 Å². The monoisotopic (exact) mass is 554 g/mol. The molecule has 1 saturated heterocycles. The largest absolute Gasteiger partial charge is 0.507 e. The summed E-state index contributed by atoms with van der Waals surface area (Å²) in [5, 5.41) is 23.7. The van der Waals surface area contributed by atoms with Crippen molar-refractivity contribution in [2.45, 2.75) is 44.9 Å². The summed E-state index contributed by atoms with van der Waals surface area (Å²) >= 11 is 3.28. The van der Waals surface area contributed by atoms with E-state index >= 15 is 0 Å². The first-order valence-electron chi connectivity index (χ1n) is 9.68. The molecule has 0 radical (unpaired) electrons. The van der Waals surface area contributed by atoms with E-state index in [4.69, 9.17) is 0 Å². The lowest BCUT2D eigenvalue weighted by Gasteiger charge is -2.35. The lowest BCUT2D eigenvalue weighted by Crippen LogP contribution is -2.54. The fourth-order valence-corrected chi connectivity index (χ4v) is 6.11. The van der Waals surface area contributed by atoms with E-state index in [1.807, 2.05) is 12.1 Å². The zero-order chi connectivity index (χ0) is 21.2. The zero-order valence-corrected chi connectivity index (χ0v) is 21.4. The first-order valence-corrected chi connectivity index (χ1v) is 12.3. The minimum atomic E-state index is -3.28. The van der Waals surface area contributed by atoms with Crippen LogP contribution in [0.25, 0.3) is 0 Å². The summed E-state index contributed by atoms with van der Waals surface area (Å²) in [6, 6.07) is 8.49. The first-order chi connectivity index (χ1) is 13.6. The van der Waals surface area contributed by atoms with E-state index in [2.05, 4.69) is 40.1 Å². The van der Waals surface area contributed by atoms with Crippen LogP contribution < -0.4 is 5.32 Å². The van der Waals surface area contributed by atoms with Crippen molar-refractivity contribution in [2.75, 3.05) is 11.5 Å². The lowest BCUT2D eigenvalue weighted by atomic mass is 9.91. The number of aliphatic hydroxyl groups is 1. The Morgan fingerprint density at radius 1 is 1.19 bits per heavy atom. The first kappa shape index (κ1) is 28.1. The quantitative estimate of drug-likeness (QED) is 0.503. The smallest absolute Gasteiger partial charge is 0.152 e. The van der Waals surface area contributed by atoms with Gasteiger partial charge >= 0.3 is 0 Å². The number of nitrogens with one attached hydrogen (secondary N) is 1. The SMILES string of the molecule is CC(C)c1ccnc(CN[C@H]2CS(=O)(=O)C[C@@H](Cc3ccc(O)c(Br)c3)[C@@H]2O)c1.Cl.Cl. The molecule has 6 nitrogen and oxygen atoms in total. The average molecular weight is 556 g/mol. The van der Waals surface area contributed by atoms with Crippen LogP contribution in [0.3, 0.4) is 0 Å². The second kappa shape index (κ2) is 11.8. The number of aliphatic hydroxyl groups excluding tert-OH is 1. The molecule has 1 fully saturated rings. The topological polar surface area (TPSA) is 99.5 Å². The standard InChI is InChI=1S/C21H27BrN2O4S.2ClH/c1-13(2)15-5-6-23-17(9-15)10-24-19-12-29(27,28)11-16(21(19)26)7-14-3-4-20(25)18(22)8-14;;/h3-6,8-9,13,16,19,21,24-26H,7,10-12H2,1-2H3;2*1H/t16-,19+,21+;;/m1../s1. The number of hydrogen-bond donors (Lipinski definition) is 3. The number of phenols is 1. The molecule has 3 rings (SSSR count). The lowest BCUT2D eigenvalue weighted by molar-refractivity contribution is 0.0779. The average Bonchev–Trinajstić information content (AvgIpc) is 2.66. The van der Waals surface area contributed by atoms with Gasteiger partial charge in [0.2, 0.25) is 0 Å². The summed E-state index contributed by atoms with van der Waals surface area (Å²) in [7, 11) is -3.28. The van der Waals surface area contributed by atoms with Crippen molar-refractivity contribution in [3.63, 3.8) is 0 Å². The number of rotatable bonds is 6. The van der Waals surface area contributed by atoms with E-state index in [-0.39, 0.29) is 42.1 Å². The van der Waals surface area contributed by atoms with Crippen LogP contribution in [0.15, 0.2) is 41.0 Å². The molecule has 0 bridgehead atoms. The van der Waals surface area contributed by atoms with Crippen LogP contribution in [0, 0.1) is 5.92 Å². The summed E-state index contributed by atoms with van der Waals surface area (Å²) < 4.78 is 25.5. The van der Waals surface area contributed by atoms with Crippen LogP contribution in [0.4, 0.5) is 0 Å². The number of pyridine rings is 1. The van der Waals surface area contributed by atoms with Gasteiger partial charge in [-0.2, -0.15) is 0 Å². The normalized spacial score (nSPS) is 22.4. The second-order valence-corrected chi connectivity index (χ2v) is 11.0. The Morgan fingerprint density at radius 3 is 2.55 bits per heavy atom.